The van der Waals surface area contributed by atoms with Crippen molar-refractivity contribution in [3.63, 3.8) is 0 Å². The summed E-state index contributed by atoms with van der Waals surface area (Å²) in [7, 11) is 0. The van der Waals surface area contributed by atoms with Crippen LogP contribution in [0.3, 0.4) is 0 Å². The highest BCUT2D eigenvalue weighted by atomic mass is 19.1. The Balaban J connectivity index is 1.87. The Labute approximate surface area is 122 Å². The van der Waals surface area contributed by atoms with Crippen LogP contribution in [0.15, 0.2) is 18.2 Å². The van der Waals surface area contributed by atoms with Crippen LogP contribution in [0, 0.1) is 5.82 Å². The zero-order valence-corrected chi connectivity index (χ0v) is 11.8. The van der Waals surface area contributed by atoms with Gasteiger partial charge in [-0.3, -0.25) is 9.59 Å². The molecule has 1 aromatic carbocycles. The summed E-state index contributed by atoms with van der Waals surface area (Å²) in [4.78, 5) is 27.2. The summed E-state index contributed by atoms with van der Waals surface area (Å²) in [6.45, 7) is 2.04. The van der Waals surface area contributed by atoms with Crippen molar-refractivity contribution < 1.29 is 19.1 Å². The van der Waals surface area contributed by atoms with E-state index in [0.29, 0.717) is 18.7 Å². The molecule has 5 nitrogen and oxygen atoms in total. The summed E-state index contributed by atoms with van der Waals surface area (Å²) >= 11 is 0. The van der Waals surface area contributed by atoms with Gasteiger partial charge in [0.25, 0.3) is 0 Å². The molecule has 1 N–H and O–H groups in total. The highest BCUT2D eigenvalue weighted by molar-refractivity contribution is 6.00. The molecule has 0 aromatic heterocycles. The molecule has 0 unspecified atom stereocenters. The number of likely N-dealkylation sites (tertiary alicyclic amines) is 1. The van der Waals surface area contributed by atoms with Crippen LogP contribution in [-0.2, 0) is 16.0 Å². The molecule has 2 aliphatic rings. The Kier molecular flexibility index (Phi) is 3.41. The molecule has 1 saturated heterocycles. The molecule has 2 amide bonds. The first-order valence-corrected chi connectivity index (χ1v) is 7.02. The zero-order valence-electron chi connectivity index (χ0n) is 11.8. The number of aliphatic hydroxyl groups is 1. The minimum atomic E-state index is -0.683. The van der Waals surface area contributed by atoms with Gasteiger partial charge in [0.05, 0.1) is 6.10 Å². The van der Waals surface area contributed by atoms with Gasteiger partial charge >= 0.3 is 0 Å². The number of anilines is 1. The van der Waals surface area contributed by atoms with E-state index in [1.807, 2.05) is 0 Å². The molecule has 112 valence electrons. The summed E-state index contributed by atoms with van der Waals surface area (Å²) in [6.07, 6.45) is 0.230. The Morgan fingerprint density at radius 3 is 2.86 bits per heavy atom. The first-order chi connectivity index (χ1) is 9.97. The molecule has 2 aliphatic heterocycles. The molecule has 0 bridgehead atoms. The second-order valence-corrected chi connectivity index (χ2v) is 5.59. The number of nitrogens with zero attached hydrogens (tertiary/aromatic N) is 2. The van der Waals surface area contributed by atoms with Crippen LogP contribution in [0.1, 0.15) is 18.9 Å². The van der Waals surface area contributed by atoms with E-state index in [4.69, 9.17) is 0 Å². The number of halogens is 1. The molecule has 0 aliphatic carbocycles. The number of rotatable bonds is 1. The summed E-state index contributed by atoms with van der Waals surface area (Å²) in [5.74, 6) is -0.863. The fraction of sp³-hybridized carbons (Fsp3) is 0.467. The average Bonchev–Trinajstić information content (AvgIpc) is 3.01. The lowest BCUT2D eigenvalue weighted by molar-refractivity contribution is -0.135. The van der Waals surface area contributed by atoms with Crippen LogP contribution in [0.25, 0.3) is 0 Å². The number of hydrogen-bond acceptors (Lipinski definition) is 3. The number of carbonyl (C=O) groups excluding carboxylic acids is 2. The molecule has 2 heterocycles. The second kappa shape index (κ2) is 5.11. The predicted molar refractivity (Wildman–Crippen MR) is 74.3 cm³/mol. The maximum atomic E-state index is 13.4. The minimum Gasteiger partial charge on any atom is -0.391 e. The third-order valence-corrected chi connectivity index (χ3v) is 4.18. The monoisotopic (exact) mass is 292 g/mol. The van der Waals surface area contributed by atoms with E-state index < -0.39 is 12.1 Å². The molecule has 1 aromatic rings. The number of β-amino-alcohol motifs (C(OH)–C–C–N with tert-alkyl or cyclic N) is 1. The van der Waals surface area contributed by atoms with Gasteiger partial charge in [0.2, 0.25) is 11.8 Å². The number of aliphatic hydroxyl groups excluding tert-OH is 1. The van der Waals surface area contributed by atoms with Crippen LogP contribution >= 0.6 is 0 Å². The van der Waals surface area contributed by atoms with Gasteiger partial charge < -0.3 is 14.9 Å². The molecule has 21 heavy (non-hydrogen) atoms. The topological polar surface area (TPSA) is 60.9 Å². The second-order valence-electron chi connectivity index (χ2n) is 5.59. The highest BCUT2D eigenvalue weighted by Crippen LogP contribution is 2.31. The fourth-order valence-corrected chi connectivity index (χ4v) is 3.16. The molecule has 0 radical (unpaired) electrons. The summed E-state index contributed by atoms with van der Waals surface area (Å²) in [6, 6.07) is 3.76. The fourth-order valence-electron chi connectivity index (χ4n) is 3.16. The van der Waals surface area contributed by atoms with Crippen molar-refractivity contribution in [3.05, 3.63) is 29.6 Å². The van der Waals surface area contributed by atoms with Crippen molar-refractivity contribution in [2.45, 2.75) is 31.9 Å². The van der Waals surface area contributed by atoms with Crippen LogP contribution in [0.5, 0.6) is 0 Å². The van der Waals surface area contributed by atoms with Crippen molar-refractivity contribution >= 4 is 17.5 Å². The van der Waals surface area contributed by atoms with E-state index in [-0.39, 0.29) is 30.6 Å². The summed E-state index contributed by atoms with van der Waals surface area (Å²) < 4.78 is 13.4. The molecular weight excluding hydrogens is 275 g/mol. The Hall–Kier alpha value is -1.95. The number of hydrogen-bond donors (Lipinski definition) is 1. The number of benzene rings is 1. The maximum absolute atomic E-state index is 13.4. The van der Waals surface area contributed by atoms with Gasteiger partial charge in [0.15, 0.2) is 0 Å². The molecular formula is C15H17FN2O3. The molecule has 0 spiro atoms. The van der Waals surface area contributed by atoms with E-state index in [9.17, 15) is 19.1 Å². The van der Waals surface area contributed by atoms with Crippen molar-refractivity contribution in [2.24, 2.45) is 0 Å². The zero-order chi connectivity index (χ0) is 15.1. The van der Waals surface area contributed by atoms with Gasteiger partial charge in [-0.05, 0) is 24.1 Å². The summed E-state index contributed by atoms with van der Waals surface area (Å²) in [5.41, 5.74) is 1.50. The van der Waals surface area contributed by atoms with E-state index >= 15 is 0 Å². The molecule has 1 fully saturated rings. The molecule has 0 saturated carbocycles. The lowest BCUT2D eigenvalue weighted by atomic mass is 10.1. The first-order valence-electron chi connectivity index (χ1n) is 7.02. The first kappa shape index (κ1) is 14.0. The van der Waals surface area contributed by atoms with E-state index in [0.717, 1.165) is 5.56 Å². The third kappa shape index (κ3) is 2.40. The van der Waals surface area contributed by atoms with Crippen LogP contribution in [0.4, 0.5) is 10.1 Å². The van der Waals surface area contributed by atoms with E-state index in [1.165, 1.54) is 28.9 Å². The van der Waals surface area contributed by atoms with Gasteiger partial charge in [0.1, 0.15) is 11.9 Å². The minimum absolute atomic E-state index is 0.176. The molecule has 6 heteroatoms. The lowest BCUT2D eigenvalue weighted by Gasteiger charge is -2.27. The average molecular weight is 292 g/mol. The van der Waals surface area contributed by atoms with Crippen molar-refractivity contribution in [1.82, 2.24) is 4.90 Å². The molecule has 3 rings (SSSR count). The smallest absolute Gasteiger partial charge is 0.249 e. The largest absolute Gasteiger partial charge is 0.391 e. The lowest BCUT2D eigenvalue weighted by Crippen LogP contribution is -2.46. The predicted octanol–water partition coefficient (Wildman–Crippen LogP) is 0.696. The van der Waals surface area contributed by atoms with Crippen molar-refractivity contribution in [2.75, 3.05) is 18.0 Å². The Bertz CT molecular complexity index is 605. The molecule has 2 atom stereocenters. The normalized spacial score (nSPS) is 24.3. The van der Waals surface area contributed by atoms with Gasteiger partial charge in [-0.1, -0.05) is 6.07 Å². The van der Waals surface area contributed by atoms with Gasteiger partial charge in [-0.2, -0.15) is 0 Å². The van der Waals surface area contributed by atoms with Gasteiger partial charge in [-0.15, -0.1) is 0 Å². The SMILES string of the molecule is CC(=O)N1C[C@H](O)C[C@@H]1C(=O)N1CCc2ccc(F)cc21. The standard InChI is InChI=1S/C15H17FN2O3/c1-9(19)18-8-12(20)7-14(18)15(21)17-5-4-10-2-3-11(16)6-13(10)17/h2-3,6,12,14,20H,4-5,7-8H2,1H3/t12-,14-/m1/s1. The van der Waals surface area contributed by atoms with Gasteiger partial charge in [-0.25, -0.2) is 4.39 Å². The third-order valence-electron chi connectivity index (χ3n) is 4.18. The quantitative estimate of drug-likeness (QED) is 0.828. The van der Waals surface area contributed by atoms with Crippen LogP contribution < -0.4 is 4.90 Å². The van der Waals surface area contributed by atoms with E-state index in [1.54, 1.807) is 6.07 Å². The highest BCUT2D eigenvalue weighted by Gasteiger charge is 2.41. The van der Waals surface area contributed by atoms with Crippen molar-refractivity contribution in [3.8, 4) is 0 Å². The van der Waals surface area contributed by atoms with Crippen LogP contribution in [-0.4, -0.2) is 47.1 Å². The summed E-state index contributed by atoms with van der Waals surface area (Å²) in [5, 5.41) is 9.73. The van der Waals surface area contributed by atoms with E-state index in [2.05, 4.69) is 0 Å². The Morgan fingerprint density at radius 2 is 2.14 bits per heavy atom. The van der Waals surface area contributed by atoms with Crippen molar-refractivity contribution in [1.29, 1.82) is 0 Å². The Morgan fingerprint density at radius 1 is 1.38 bits per heavy atom. The number of fused-ring (bicyclic) bond motifs is 1. The maximum Gasteiger partial charge on any atom is 0.249 e. The van der Waals surface area contributed by atoms with Gasteiger partial charge in [0, 0.05) is 32.1 Å². The van der Waals surface area contributed by atoms with Crippen LogP contribution in [0.2, 0.25) is 0 Å². The number of amides is 2. The number of carbonyl (C=O) groups is 2.